The highest BCUT2D eigenvalue weighted by Crippen LogP contribution is 2.15. The number of aryl methyl sites for hydroxylation is 1. The van der Waals surface area contributed by atoms with Gasteiger partial charge in [0, 0.05) is 24.7 Å². The van der Waals surface area contributed by atoms with Crippen LogP contribution in [0.5, 0.6) is 0 Å². The van der Waals surface area contributed by atoms with Crippen LogP contribution in [0.3, 0.4) is 0 Å². The van der Waals surface area contributed by atoms with Gasteiger partial charge in [0.15, 0.2) is 5.69 Å². The van der Waals surface area contributed by atoms with E-state index in [9.17, 15) is 9.59 Å². The Morgan fingerprint density at radius 1 is 1.29 bits per heavy atom. The van der Waals surface area contributed by atoms with Gasteiger partial charge < -0.3 is 10.6 Å². The Balaban J connectivity index is 1.67. The van der Waals surface area contributed by atoms with Crippen molar-refractivity contribution in [2.75, 3.05) is 6.54 Å². The molecule has 2 amide bonds. The van der Waals surface area contributed by atoms with Crippen LogP contribution in [-0.2, 0) is 17.8 Å². The Morgan fingerprint density at radius 2 is 2.07 bits per heavy atom. The summed E-state index contributed by atoms with van der Waals surface area (Å²) >= 11 is 7.28. The molecule has 1 atom stereocenters. The molecule has 0 aliphatic carbocycles. The lowest BCUT2D eigenvalue weighted by atomic mass is 10.1. The van der Waals surface area contributed by atoms with Crippen molar-refractivity contribution in [1.29, 1.82) is 0 Å². The Hall–Kier alpha value is -2.78. The zero-order chi connectivity index (χ0) is 19.9. The molecule has 2 N–H and O–H groups in total. The van der Waals surface area contributed by atoms with Gasteiger partial charge >= 0.3 is 0 Å². The highest BCUT2D eigenvalue weighted by molar-refractivity contribution is 7.03. The Labute approximate surface area is 171 Å². The van der Waals surface area contributed by atoms with E-state index in [4.69, 9.17) is 11.6 Å². The summed E-state index contributed by atoms with van der Waals surface area (Å²) in [5, 5.41) is 15.8. The molecule has 1 aromatic carbocycles. The number of amides is 2. The average molecular weight is 419 g/mol. The van der Waals surface area contributed by atoms with Crippen LogP contribution in [0, 0.1) is 0 Å². The molecule has 10 heteroatoms. The summed E-state index contributed by atoms with van der Waals surface area (Å²) < 4.78 is 5.35. The van der Waals surface area contributed by atoms with Gasteiger partial charge in [0.2, 0.25) is 5.91 Å². The summed E-state index contributed by atoms with van der Waals surface area (Å²) in [6.07, 6.45) is 1.73. The van der Waals surface area contributed by atoms with Gasteiger partial charge in [-0.2, -0.15) is 5.10 Å². The quantitative estimate of drug-likeness (QED) is 0.584. The van der Waals surface area contributed by atoms with Crippen LogP contribution in [0.1, 0.15) is 34.7 Å². The molecule has 0 aliphatic heterocycles. The lowest BCUT2D eigenvalue weighted by Crippen LogP contribution is -2.38. The van der Waals surface area contributed by atoms with Crippen LogP contribution in [-0.4, -0.2) is 37.7 Å². The second-order valence-corrected chi connectivity index (χ2v) is 7.01. The Morgan fingerprint density at radius 3 is 2.71 bits per heavy atom. The van der Waals surface area contributed by atoms with Gasteiger partial charge in [-0.05, 0) is 24.0 Å². The lowest BCUT2D eigenvalue weighted by molar-refractivity contribution is -0.121. The van der Waals surface area contributed by atoms with Crippen LogP contribution in [0.4, 0.5) is 0 Å². The fourth-order valence-corrected chi connectivity index (χ4v) is 3.29. The second kappa shape index (κ2) is 9.43. The number of nitrogens with zero attached hydrogens (tertiary/aromatic N) is 4. The molecule has 3 rings (SSSR count). The molecule has 0 saturated heterocycles. The SMILES string of the molecule is CCn1cc(Cl)c(C(=O)NCC(NC(=O)Cc2csnn2)c2ccccc2)n1. The molecule has 0 saturated carbocycles. The van der Waals surface area contributed by atoms with Gasteiger partial charge in [-0.15, -0.1) is 5.10 Å². The van der Waals surface area contributed by atoms with Crippen LogP contribution >= 0.6 is 23.1 Å². The minimum atomic E-state index is -0.406. The summed E-state index contributed by atoms with van der Waals surface area (Å²) in [5.74, 6) is -0.597. The number of hydrogen-bond donors (Lipinski definition) is 2. The number of nitrogens with one attached hydrogen (secondary N) is 2. The normalized spacial score (nSPS) is 11.8. The molecule has 0 bridgehead atoms. The number of carbonyl (C=O) groups excluding carboxylic acids is 2. The summed E-state index contributed by atoms with van der Waals surface area (Å²) in [7, 11) is 0. The molecular weight excluding hydrogens is 400 g/mol. The number of rotatable bonds is 8. The van der Waals surface area contributed by atoms with Crippen molar-refractivity contribution < 1.29 is 9.59 Å². The highest BCUT2D eigenvalue weighted by Gasteiger charge is 2.20. The van der Waals surface area contributed by atoms with E-state index in [0.717, 1.165) is 5.56 Å². The summed E-state index contributed by atoms with van der Waals surface area (Å²) in [4.78, 5) is 24.9. The largest absolute Gasteiger partial charge is 0.348 e. The van der Waals surface area contributed by atoms with Crippen LogP contribution in [0.25, 0.3) is 0 Å². The molecule has 146 valence electrons. The molecule has 2 heterocycles. The number of carbonyl (C=O) groups is 2. The van der Waals surface area contributed by atoms with E-state index in [1.54, 1.807) is 16.3 Å². The third-order valence-corrected chi connectivity index (χ3v) is 4.84. The van der Waals surface area contributed by atoms with Crippen molar-refractivity contribution in [3.63, 3.8) is 0 Å². The van der Waals surface area contributed by atoms with Crippen molar-refractivity contribution in [3.05, 3.63) is 63.9 Å². The van der Waals surface area contributed by atoms with Gasteiger partial charge in [0.1, 0.15) is 0 Å². The predicted octanol–water partition coefficient (Wildman–Crippen LogP) is 2.24. The number of halogens is 1. The molecule has 0 fully saturated rings. The number of hydrogen-bond acceptors (Lipinski definition) is 6. The maximum atomic E-state index is 12.5. The van der Waals surface area contributed by atoms with Crippen molar-refractivity contribution in [3.8, 4) is 0 Å². The fourth-order valence-electron chi connectivity index (χ4n) is 2.60. The minimum Gasteiger partial charge on any atom is -0.348 e. The zero-order valence-corrected chi connectivity index (χ0v) is 16.7. The number of aromatic nitrogens is 4. The molecule has 28 heavy (non-hydrogen) atoms. The van der Waals surface area contributed by atoms with E-state index in [2.05, 4.69) is 25.3 Å². The minimum absolute atomic E-state index is 0.126. The lowest BCUT2D eigenvalue weighted by Gasteiger charge is -2.19. The summed E-state index contributed by atoms with van der Waals surface area (Å²) in [5.41, 5.74) is 1.64. The standard InChI is InChI=1S/C18H19ClN6O2S/c1-2-25-10-14(19)17(23-25)18(27)20-9-15(12-6-4-3-5-7-12)21-16(26)8-13-11-28-24-22-13/h3-7,10-11,15H,2,8-9H2,1H3,(H,20,27)(H,21,26). The molecule has 1 unspecified atom stereocenters. The zero-order valence-electron chi connectivity index (χ0n) is 15.1. The van der Waals surface area contributed by atoms with E-state index >= 15 is 0 Å². The molecule has 2 aromatic heterocycles. The smallest absolute Gasteiger partial charge is 0.273 e. The molecular formula is C18H19ClN6O2S. The molecule has 0 radical (unpaired) electrons. The Kier molecular flexibility index (Phi) is 6.72. The van der Waals surface area contributed by atoms with Gasteiger partial charge in [-0.25, -0.2) is 0 Å². The summed E-state index contributed by atoms with van der Waals surface area (Å²) in [6, 6.07) is 9.01. The van der Waals surface area contributed by atoms with E-state index in [1.807, 2.05) is 37.3 Å². The molecule has 0 aliphatic rings. The van der Waals surface area contributed by atoms with Crippen LogP contribution < -0.4 is 10.6 Å². The average Bonchev–Trinajstić information content (AvgIpc) is 3.34. The first-order chi connectivity index (χ1) is 13.6. The molecule has 8 nitrogen and oxygen atoms in total. The van der Waals surface area contributed by atoms with Crippen molar-refractivity contribution >= 4 is 34.9 Å². The van der Waals surface area contributed by atoms with E-state index in [-0.39, 0.29) is 29.6 Å². The fraction of sp³-hybridized carbons (Fsp3) is 0.278. The maximum Gasteiger partial charge on any atom is 0.273 e. The second-order valence-electron chi connectivity index (χ2n) is 6.00. The Bertz CT molecular complexity index is 929. The molecule has 0 spiro atoms. The predicted molar refractivity (Wildman–Crippen MR) is 106 cm³/mol. The highest BCUT2D eigenvalue weighted by atomic mass is 35.5. The van der Waals surface area contributed by atoms with Crippen molar-refractivity contribution in [2.24, 2.45) is 0 Å². The van der Waals surface area contributed by atoms with Gasteiger partial charge in [-0.1, -0.05) is 46.4 Å². The van der Waals surface area contributed by atoms with Crippen LogP contribution in [0.2, 0.25) is 5.02 Å². The maximum absolute atomic E-state index is 12.5. The first-order valence-corrected chi connectivity index (χ1v) is 9.89. The van der Waals surface area contributed by atoms with E-state index in [1.165, 1.54) is 11.5 Å². The van der Waals surface area contributed by atoms with Gasteiger partial charge in [0.05, 0.1) is 23.2 Å². The van der Waals surface area contributed by atoms with Gasteiger partial charge in [-0.3, -0.25) is 14.3 Å². The number of benzene rings is 1. The molecule has 3 aromatic rings. The van der Waals surface area contributed by atoms with E-state index in [0.29, 0.717) is 12.2 Å². The topological polar surface area (TPSA) is 102 Å². The first-order valence-electron chi connectivity index (χ1n) is 8.68. The third-order valence-electron chi connectivity index (χ3n) is 4.01. The third kappa shape index (κ3) is 5.14. The van der Waals surface area contributed by atoms with Crippen LogP contribution in [0.15, 0.2) is 41.9 Å². The summed E-state index contributed by atoms with van der Waals surface area (Å²) in [6.45, 7) is 2.71. The monoisotopic (exact) mass is 418 g/mol. The van der Waals surface area contributed by atoms with E-state index < -0.39 is 11.9 Å². The first kappa shape index (κ1) is 20.0. The van der Waals surface area contributed by atoms with Crippen molar-refractivity contribution in [2.45, 2.75) is 25.9 Å². The van der Waals surface area contributed by atoms with Gasteiger partial charge in [0.25, 0.3) is 5.91 Å². The van der Waals surface area contributed by atoms with Crippen molar-refractivity contribution in [1.82, 2.24) is 30.0 Å².